The monoisotopic (exact) mass is 206 g/mol. The van der Waals surface area contributed by atoms with Gasteiger partial charge in [-0.15, -0.1) is 0 Å². The average molecular weight is 206 g/mol. The van der Waals surface area contributed by atoms with Gasteiger partial charge < -0.3 is 10.1 Å². The van der Waals surface area contributed by atoms with E-state index in [0.717, 1.165) is 31.4 Å². The number of hydrogen-bond acceptors (Lipinski definition) is 3. The van der Waals surface area contributed by atoms with E-state index in [1.807, 2.05) is 18.5 Å². The van der Waals surface area contributed by atoms with Crippen LogP contribution in [0, 0.1) is 5.92 Å². The fourth-order valence-corrected chi connectivity index (χ4v) is 1.44. The molecule has 0 bridgehead atoms. The van der Waals surface area contributed by atoms with Crippen LogP contribution in [0.1, 0.15) is 25.3 Å². The summed E-state index contributed by atoms with van der Waals surface area (Å²) in [7, 11) is 0. The van der Waals surface area contributed by atoms with Crippen molar-refractivity contribution in [2.75, 3.05) is 13.2 Å². The van der Waals surface area contributed by atoms with E-state index in [4.69, 9.17) is 4.74 Å². The molecule has 0 amide bonds. The summed E-state index contributed by atoms with van der Waals surface area (Å²) in [6.07, 6.45) is 6.28. The van der Waals surface area contributed by atoms with Crippen LogP contribution in [0.25, 0.3) is 0 Å². The minimum absolute atomic E-state index is 0.789. The molecule has 1 aromatic rings. The Labute approximate surface area is 90.9 Å². The smallest absolute Gasteiger partial charge is 0.142 e. The molecule has 0 atom stereocenters. The highest BCUT2D eigenvalue weighted by molar-refractivity contribution is 5.29. The van der Waals surface area contributed by atoms with Crippen molar-refractivity contribution in [3.63, 3.8) is 0 Å². The first-order valence-electron chi connectivity index (χ1n) is 5.66. The molecular weight excluding hydrogens is 188 g/mol. The lowest BCUT2D eigenvalue weighted by molar-refractivity contribution is 0.295. The van der Waals surface area contributed by atoms with Crippen molar-refractivity contribution in [1.82, 2.24) is 10.3 Å². The summed E-state index contributed by atoms with van der Waals surface area (Å²) in [5.74, 6) is 1.72. The van der Waals surface area contributed by atoms with Crippen LogP contribution in [0.15, 0.2) is 18.5 Å². The van der Waals surface area contributed by atoms with E-state index in [1.54, 1.807) is 0 Å². The van der Waals surface area contributed by atoms with E-state index < -0.39 is 0 Å². The van der Waals surface area contributed by atoms with Gasteiger partial charge in [0.05, 0.1) is 12.8 Å². The van der Waals surface area contributed by atoms with Crippen LogP contribution in [0.2, 0.25) is 0 Å². The first-order valence-corrected chi connectivity index (χ1v) is 5.66. The van der Waals surface area contributed by atoms with Crippen molar-refractivity contribution < 1.29 is 4.74 Å². The third-order valence-electron chi connectivity index (χ3n) is 2.61. The van der Waals surface area contributed by atoms with Gasteiger partial charge in [-0.05, 0) is 31.4 Å². The molecule has 1 N–H and O–H groups in total. The van der Waals surface area contributed by atoms with Crippen molar-refractivity contribution >= 4 is 0 Å². The second-order valence-electron chi connectivity index (χ2n) is 4.02. The van der Waals surface area contributed by atoms with Crippen LogP contribution >= 0.6 is 0 Å². The summed E-state index contributed by atoms with van der Waals surface area (Å²) in [6.45, 7) is 4.79. The molecule has 0 radical (unpaired) electrons. The molecule has 1 aliphatic carbocycles. The zero-order valence-corrected chi connectivity index (χ0v) is 9.20. The normalized spacial score (nSPS) is 15.3. The van der Waals surface area contributed by atoms with Crippen molar-refractivity contribution in [3.05, 3.63) is 24.0 Å². The Morgan fingerprint density at radius 2 is 2.40 bits per heavy atom. The largest absolute Gasteiger partial charge is 0.491 e. The molecule has 0 aromatic carbocycles. The van der Waals surface area contributed by atoms with Crippen molar-refractivity contribution in [1.29, 1.82) is 0 Å². The number of nitrogens with zero attached hydrogens (tertiary/aromatic N) is 1. The highest BCUT2D eigenvalue weighted by Crippen LogP contribution is 2.30. The molecule has 1 saturated carbocycles. The van der Waals surface area contributed by atoms with Crippen molar-refractivity contribution in [2.24, 2.45) is 5.92 Å². The molecule has 3 nitrogen and oxygen atoms in total. The average Bonchev–Trinajstić information content (AvgIpc) is 3.08. The Bertz CT molecular complexity index is 310. The molecule has 3 heteroatoms. The number of ether oxygens (including phenoxy) is 1. The standard InChI is InChI=1S/C12H18N2O/c1-2-13-7-11-5-6-14-8-12(11)15-9-10-3-4-10/h5-6,8,10,13H,2-4,7,9H2,1H3. The fraction of sp³-hybridized carbons (Fsp3) is 0.583. The summed E-state index contributed by atoms with van der Waals surface area (Å²) >= 11 is 0. The fourth-order valence-electron chi connectivity index (χ4n) is 1.44. The maximum atomic E-state index is 5.76. The molecule has 0 saturated heterocycles. The minimum atomic E-state index is 0.789. The maximum absolute atomic E-state index is 5.76. The van der Waals surface area contributed by atoms with Crippen LogP contribution in [0.5, 0.6) is 5.75 Å². The molecule has 0 spiro atoms. The van der Waals surface area contributed by atoms with Gasteiger partial charge in [0, 0.05) is 18.3 Å². The van der Waals surface area contributed by atoms with Crippen LogP contribution in [0.3, 0.4) is 0 Å². The SMILES string of the molecule is CCNCc1ccncc1OCC1CC1. The van der Waals surface area contributed by atoms with Gasteiger partial charge in [-0.1, -0.05) is 6.92 Å². The van der Waals surface area contributed by atoms with Gasteiger partial charge in [0.25, 0.3) is 0 Å². The van der Waals surface area contributed by atoms with Gasteiger partial charge in [-0.2, -0.15) is 0 Å². The lowest BCUT2D eigenvalue weighted by atomic mass is 10.2. The third kappa shape index (κ3) is 3.20. The molecule has 1 aromatic heterocycles. The first kappa shape index (κ1) is 10.4. The molecule has 15 heavy (non-hydrogen) atoms. The van der Waals surface area contributed by atoms with Gasteiger partial charge in [0.2, 0.25) is 0 Å². The summed E-state index contributed by atoms with van der Waals surface area (Å²) in [5, 5.41) is 3.30. The van der Waals surface area contributed by atoms with E-state index in [1.165, 1.54) is 18.4 Å². The Kier molecular flexibility index (Phi) is 3.56. The highest BCUT2D eigenvalue weighted by atomic mass is 16.5. The second-order valence-corrected chi connectivity index (χ2v) is 4.02. The van der Waals surface area contributed by atoms with Crippen LogP contribution in [-0.2, 0) is 6.54 Å². The van der Waals surface area contributed by atoms with Crippen LogP contribution in [0.4, 0.5) is 0 Å². The third-order valence-corrected chi connectivity index (χ3v) is 2.61. The van der Waals surface area contributed by atoms with E-state index in [9.17, 15) is 0 Å². The zero-order chi connectivity index (χ0) is 10.5. The Morgan fingerprint density at radius 3 is 3.13 bits per heavy atom. The highest BCUT2D eigenvalue weighted by Gasteiger charge is 2.22. The summed E-state index contributed by atoms with van der Waals surface area (Å²) in [6, 6.07) is 2.02. The molecule has 0 aliphatic heterocycles. The van der Waals surface area contributed by atoms with Crippen molar-refractivity contribution in [3.8, 4) is 5.75 Å². The number of pyridine rings is 1. The van der Waals surface area contributed by atoms with E-state index >= 15 is 0 Å². The molecule has 1 heterocycles. The Balaban J connectivity index is 1.93. The van der Waals surface area contributed by atoms with Gasteiger partial charge in [-0.3, -0.25) is 4.98 Å². The van der Waals surface area contributed by atoms with E-state index in [2.05, 4.69) is 17.2 Å². The molecule has 1 fully saturated rings. The number of aromatic nitrogens is 1. The maximum Gasteiger partial charge on any atom is 0.142 e. The van der Waals surface area contributed by atoms with Crippen LogP contribution in [-0.4, -0.2) is 18.1 Å². The number of rotatable bonds is 6. The molecule has 82 valence electrons. The molecule has 2 rings (SSSR count). The summed E-state index contributed by atoms with van der Waals surface area (Å²) in [5.41, 5.74) is 1.20. The Morgan fingerprint density at radius 1 is 1.53 bits per heavy atom. The molecular formula is C12H18N2O. The van der Waals surface area contributed by atoms with E-state index in [0.29, 0.717) is 0 Å². The Hall–Kier alpha value is -1.09. The topological polar surface area (TPSA) is 34.2 Å². The van der Waals surface area contributed by atoms with Crippen LogP contribution < -0.4 is 10.1 Å². The number of nitrogens with one attached hydrogen (secondary N) is 1. The van der Waals surface area contributed by atoms with Gasteiger partial charge >= 0.3 is 0 Å². The molecule has 0 unspecified atom stereocenters. The van der Waals surface area contributed by atoms with Crippen molar-refractivity contribution in [2.45, 2.75) is 26.3 Å². The number of hydrogen-bond donors (Lipinski definition) is 1. The predicted molar refractivity (Wildman–Crippen MR) is 59.8 cm³/mol. The van der Waals surface area contributed by atoms with Gasteiger partial charge in [0.1, 0.15) is 5.75 Å². The quantitative estimate of drug-likeness (QED) is 0.772. The lowest BCUT2D eigenvalue weighted by Gasteiger charge is -2.10. The minimum Gasteiger partial charge on any atom is -0.491 e. The second kappa shape index (κ2) is 5.12. The summed E-state index contributed by atoms with van der Waals surface area (Å²) < 4.78 is 5.76. The lowest BCUT2D eigenvalue weighted by Crippen LogP contribution is -2.13. The first-order chi connectivity index (χ1) is 7.40. The zero-order valence-electron chi connectivity index (χ0n) is 9.20. The predicted octanol–water partition coefficient (Wildman–Crippen LogP) is 1.98. The van der Waals surface area contributed by atoms with Gasteiger partial charge in [-0.25, -0.2) is 0 Å². The van der Waals surface area contributed by atoms with Gasteiger partial charge in [0.15, 0.2) is 0 Å². The molecule has 1 aliphatic rings. The summed E-state index contributed by atoms with van der Waals surface area (Å²) in [4.78, 5) is 4.10. The van der Waals surface area contributed by atoms with E-state index in [-0.39, 0.29) is 0 Å².